The first-order valence-corrected chi connectivity index (χ1v) is 6.75. The van der Waals surface area contributed by atoms with Crippen molar-refractivity contribution in [3.8, 4) is 0 Å². The molecule has 1 atom stereocenters. The minimum Gasteiger partial charge on any atom is -0.368 e. The van der Waals surface area contributed by atoms with Crippen molar-refractivity contribution >= 4 is 15.9 Å². The second kappa shape index (κ2) is 5.34. The molecule has 2 aromatic heterocycles. The highest BCUT2D eigenvalue weighted by Gasteiger charge is 2.24. The highest BCUT2D eigenvalue weighted by molar-refractivity contribution is 9.10. The molecule has 100 valence electrons. The minimum atomic E-state index is -0.522. The van der Waals surface area contributed by atoms with Gasteiger partial charge in [-0.05, 0) is 34.8 Å². The van der Waals surface area contributed by atoms with Crippen LogP contribution in [-0.4, -0.2) is 21.7 Å². The Morgan fingerprint density at radius 1 is 1.47 bits per heavy atom. The third kappa shape index (κ3) is 2.82. The summed E-state index contributed by atoms with van der Waals surface area (Å²) in [5, 5.41) is 3.85. The van der Waals surface area contributed by atoms with Gasteiger partial charge in [0.25, 0.3) is 5.89 Å². The molecule has 0 spiro atoms. The van der Waals surface area contributed by atoms with Crippen LogP contribution in [0.5, 0.6) is 0 Å². The molecule has 1 saturated heterocycles. The van der Waals surface area contributed by atoms with Crippen molar-refractivity contribution in [3.05, 3.63) is 40.0 Å². The summed E-state index contributed by atoms with van der Waals surface area (Å²) in [5.74, 6) is 0.381. The Morgan fingerprint density at radius 2 is 2.37 bits per heavy atom. The quantitative estimate of drug-likeness (QED) is 0.811. The van der Waals surface area contributed by atoms with Gasteiger partial charge in [0.2, 0.25) is 5.95 Å². The van der Waals surface area contributed by atoms with Gasteiger partial charge in [0, 0.05) is 29.3 Å². The number of nitrogens with zero attached hydrogens (tertiary/aromatic N) is 3. The molecule has 19 heavy (non-hydrogen) atoms. The summed E-state index contributed by atoms with van der Waals surface area (Å²) < 4.78 is 24.8. The Bertz CT molecular complexity index is 584. The van der Waals surface area contributed by atoms with Gasteiger partial charge in [-0.3, -0.25) is 0 Å². The van der Waals surface area contributed by atoms with Crippen LogP contribution in [0.15, 0.2) is 21.3 Å². The Labute approximate surface area is 117 Å². The van der Waals surface area contributed by atoms with E-state index >= 15 is 0 Å². The number of rotatable bonds is 3. The first-order valence-electron chi connectivity index (χ1n) is 5.96. The van der Waals surface area contributed by atoms with Crippen molar-refractivity contribution in [2.45, 2.75) is 25.4 Å². The molecule has 0 aliphatic carbocycles. The van der Waals surface area contributed by atoms with Gasteiger partial charge >= 0.3 is 0 Å². The molecule has 1 aliphatic rings. The van der Waals surface area contributed by atoms with Crippen molar-refractivity contribution < 1.29 is 13.7 Å². The third-order valence-electron chi connectivity index (χ3n) is 2.92. The predicted molar refractivity (Wildman–Crippen MR) is 66.9 cm³/mol. The zero-order valence-electron chi connectivity index (χ0n) is 9.97. The molecule has 1 unspecified atom stereocenters. The van der Waals surface area contributed by atoms with Gasteiger partial charge in [0.05, 0.1) is 0 Å². The molecule has 7 heteroatoms. The van der Waals surface area contributed by atoms with Gasteiger partial charge < -0.3 is 9.26 Å². The van der Waals surface area contributed by atoms with E-state index in [4.69, 9.17) is 9.26 Å². The monoisotopic (exact) mass is 327 g/mol. The van der Waals surface area contributed by atoms with E-state index in [0.717, 1.165) is 12.8 Å². The summed E-state index contributed by atoms with van der Waals surface area (Å²) in [5.41, 5.74) is 0.425. The number of ether oxygens (including phenoxy) is 1. The Hall–Kier alpha value is -1.34. The molecule has 1 fully saturated rings. The Balaban J connectivity index is 1.77. The lowest BCUT2D eigenvalue weighted by atomic mass is 10.2. The third-order valence-corrected chi connectivity index (χ3v) is 3.35. The molecular formula is C12H11BrFN3O2. The van der Waals surface area contributed by atoms with Crippen LogP contribution in [0.2, 0.25) is 0 Å². The maximum Gasteiger partial charge on any atom is 0.255 e. The average Bonchev–Trinajstić information content (AvgIpc) is 3.04. The van der Waals surface area contributed by atoms with E-state index in [0.29, 0.717) is 28.4 Å². The van der Waals surface area contributed by atoms with Crippen LogP contribution in [0.25, 0.3) is 0 Å². The molecule has 3 rings (SSSR count). The maximum absolute atomic E-state index is 13.5. The lowest BCUT2D eigenvalue weighted by Crippen LogP contribution is -1.99. The first kappa shape index (κ1) is 12.7. The molecule has 0 bridgehead atoms. The lowest BCUT2D eigenvalue weighted by molar-refractivity contribution is 0.0835. The molecule has 5 nitrogen and oxygen atoms in total. The minimum absolute atomic E-state index is 0.119. The highest BCUT2D eigenvalue weighted by atomic mass is 79.9. The topological polar surface area (TPSA) is 61.0 Å². The SMILES string of the molecule is Fc1ncc(Br)cc1Cc1noc(C2CCCO2)n1. The van der Waals surface area contributed by atoms with Gasteiger partial charge in [-0.15, -0.1) is 0 Å². The molecule has 3 heterocycles. The number of hydrogen-bond donors (Lipinski definition) is 0. The molecule has 0 radical (unpaired) electrons. The van der Waals surface area contributed by atoms with Crippen LogP contribution in [-0.2, 0) is 11.2 Å². The molecule has 0 aromatic carbocycles. The highest BCUT2D eigenvalue weighted by Crippen LogP contribution is 2.27. The summed E-state index contributed by atoms with van der Waals surface area (Å²) in [6, 6.07) is 1.66. The van der Waals surface area contributed by atoms with Crippen molar-refractivity contribution in [1.82, 2.24) is 15.1 Å². The summed E-state index contributed by atoms with van der Waals surface area (Å²) in [7, 11) is 0. The largest absolute Gasteiger partial charge is 0.368 e. The number of halogens is 2. The zero-order chi connectivity index (χ0) is 13.2. The van der Waals surface area contributed by atoms with Crippen molar-refractivity contribution in [2.75, 3.05) is 6.61 Å². The van der Waals surface area contributed by atoms with E-state index in [1.54, 1.807) is 6.07 Å². The van der Waals surface area contributed by atoms with Gasteiger partial charge in [0.15, 0.2) is 5.82 Å². The van der Waals surface area contributed by atoms with Crippen LogP contribution in [0, 0.1) is 5.95 Å². The first-order chi connectivity index (χ1) is 9.22. The number of pyridine rings is 1. The molecule has 0 saturated carbocycles. The molecular weight excluding hydrogens is 317 g/mol. The predicted octanol–water partition coefficient (Wildman–Crippen LogP) is 2.81. The van der Waals surface area contributed by atoms with Crippen LogP contribution in [0.4, 0.5) is 4.39 Å². The number of aromatic nitrogens is 3. The van der Waals surface area contributed by atoms with Crippen molar-refractivity contribution in [3.63, 3.8) is 0 Å². The summed E-state index contributed by atoms with van der Waals surface area (Å²) in [6.07, 6.45) is 3.41. The van der Waals surface area contributed by atoms with E-state index in [9.17, 15) is 4.39 Å². The van der Waals surface area contributed by atoms with Gasteiger partial charge in [-0.25, -0.2) is 4.98 Å². The summed E-state index contributed by atoms with van der Waals surface area (Å²) in [4.78, 5) is 7.88. The average molecular weight is 328 g/mol. The number of hydrogen-bond acceptors (Lipinski definition) is 5. The van der Waals surface area contributed by atoms with E-state index in [1.165, 1.54) is 6.20 Å². The van der Waals surface area contributed by atoms with Crippen LogP contribution in [0.3, 0.4) is 0 Å². The smallest absolute Gasteiger partial charge is 0.255 e. The zero-order valence-corrected chi connectivity index (χ0v) is 11.6. The Kier molecular flexibility index (Phi) is 3.56. The lowest BCUT2D eigenvalue weighted by Gasteiger charge is -2.01. The van der Waals surface area contributed by atoms with Crippen LogP contribution in [0.1, 0.15) is 36.2 Å². The fraction of sp³-hybridized carbons (Fsp3) is 0.417. The fourth-order valence-electron chi connectivity index (χ4n) is 2.00. The van der Waals surface area contributed by atoms with E-state index in [2.05, 4.69) is 31.1 Å². The second-order valence-electron chi connectivity index (χ2n) is 4.33. The molecule has 2 aromatic rings. The normalized spacial score (nSPS) is 18.9. The maximum atomic E-state index is 13.5. The van der Waals surface area contributed by atoms with E-state index in [-0.39, 0.29) is 12.5 Å². The summed E-state index contributed by atoms with van der Waals surface area (Å²) in [6.45, 7) is 0.715. The van der Waals surface area contributed by atoms with E-state index in [1.807, 2.05) is 0 Å². The van der Waals surface area contributed by atoms with Crippen molar-refractivity contribution in [2.24, 2.45) is 0 Å². The van der Waals surface area contributed by atoms with E-state index < -0.39 is 5.95 Å². The Morgan fingerprint density at radius 3 is 3.16 bits per heavy atom. The second-order valence-corrected chi connectivity index (χ2v) is 5.25. The summed E-state index contributed by atoms with van der Waals surface area (Å²) >= 11 is 3.26. The van der Waals surface area contributed by atoms with Crippen LogP contribution >= 0.6 is 15.9 Å². The molecule has 1 aliphatic heterocycles. The van der Waals surface area contributed by atoms with Gasteiger partial charge in [-0.2, -0.15) is 9.37 Å². The van der Waals surface area contributed by atoms with Gasteiger partial charge in [0.1, 0.15) is 6.10 Å². The van der Waals surface area contributed by atoms with Crippen LogP contribution < -0.4 is 0 Å². The molecule has 0 N–H and O–H groups in total. The molecule has 0 amide bonds. The van der Waals surface area contributed by atoms with Gasteiger partial charge in [-0.1, -0.05) is 5.16 Å². The standard InChI is InChI=1S/C12H11BrFN3O2/c13-8-4-7(11(14)15-6-8)5-10-16-12(19-17-10)9-2-1-3-18-9/h4,6,9H,1-3,5H2. The van der Waals surface area contributed by atoms with Crippen molar-refractivity contribution in [1.29, 1.82) is 0 Å². The fourth-order valence-corrected chi connectivity index (χ4v) is 2.38.